The molecule has 2 heterocycles. The van der Waals surface area contributed by atoms with E-state index in [0.29, 0.717) is 22.3 Å². The number of hydrogen-bond donors (Lipinski definition) is 4. The van der Waals surface area contributed by atoms with Gasteiger partial charge in [-0.1, -0.05) is 47.7 Å². The number of rotatable bonds is 7. The van der Waals surface area contributed by atoms with Crippen molar-refractivity contribution < 1.29 is 19.7 Å². The number of benzene rings is 2. The SMILES string of the molecule is Cc1cccc(-c2nnc(SCc3cc(=O)c(O)co3)n2NCc2cccc(O)c2O)c1. The first kappa shape index (κ1) is 21.3. The molecule has 9 nitrogen and oxygen atoms in total. The molecule has 164 valence electrons. The van der Waals surface area contributed by atoms with Crippen molar-refractivity contribution in [3.05, 3.63) is 81.9 Å². The van der Waals surface area contributed by atoms with E-state index in [1.165, 1.54) is 23.9 Å². The quantitative estimate of drug-likeness (QED) is 0.246. The molecule has 32 heavy (non-hydrogen) atoms. The second kappa shape index (κ2) is 9.06. The zero-order valence-electron chi connectivity index (χ0n) is 17.0. The van der Waals surface area contributed by atoms with Gasteiger partial charge in [-0.15, -0.1) is 10.2 Å². The van der Waals surface area contributed by atoms with Gasteiger partial charge in [-0.3, -0.25) is 4.79 Å². The lowest BCUT2D eigenvalue weighted by atomic mass is 10.1. The predicted octanol–water partition coefficient (Wildman–Crippen LogP) is 3.36. The van der Waals surface area contributed by atoms with Gasteiger partial charge in [0, 0.05) is 17.2 Å². The highest BCUT2D eigenvalue weighted by Crippen LogP contribution is 2.30. The molecule has 0 saturated carbocycles. The van der Waals surface area contributed by atoms with Crippen LogP contribution in [0.15, 0.2) is 69.2 Å². The number of phenols is 2. The Morgan fingerprint density at radius 1 is 1.06 bits per heavy atom. The normalized spacial score (nSPS) is 10.9. The van der Waals surface area contributed by atoms with Crippen LogP contribution in [-0.2, 0) is 12.3 Å². The summed E-state index contributed by atoms with van der Waals surface area (Å²) in [5.41, 5.74) is 5.06. The molecule has 0 saturated heterocycles. The lowest BCUT2D eigenvalue weighted by Crippen LogP contribution is -2.17. The molecule has 0 radical (unpaired) electrons. The van der Waals surface area contributed by atoms with Crippen molar-refractivity contribution in [3.8, 4) is 28.6 Å². The highest BCUT2D eigenvalue weighted by atomic mass is 32.2. The first-order chi connectivity index (χ1) is 15.4. The molecule has 4 rings (SSSR count). The summed E-state index contributed by atoms with van der Waals surface area (Å²) in [5, 5.41) is 38.3. The van der Waals surface area contributed by atoms with E-state index in [2.05, 4.69) is 15.6 Å². The average Bonchev–Trinajstić information content (AvgIpc) is 3.18. The maximum atomic E-state index is 11.6. The molecule has 4 N–H and O–H groups in total. The molecule has 10 heteroatoms. The number of nitrogens with one attached hydrogen (secondary N) is 1. The third-order valence-electron chi connectivity index (χ3n) is 4.65. The topological polar surface area (TPSA) is 134 Å². The first-order valence-electron chi connectivity index (χ1n) is 9.62. The van der Waals surface area contributed by atoms with Gasteiger partial charge in [0.25, 0.3) is 0 Å². The molecule has 0 amide bonds. The molecule has 4 aromatic rings. The summed E-state index contributed by atoms with van der Waals surface area (Å²) in [6.45, 7) is 2.17. The molecular formula is C22H20N4O5S. The van der Waals surface area contributed by atoms with Crippen LogP contribution in [0.2, 0.25) is 0 Å². The van der Waals surface area contributed by atoms with Crippen LogP contribution in [0.25, 0.3) is 11.4 Å². The lowest BCUT2D eigenvalue weighted by Gasteiger charge is -2.14. The highest BCUT2D eigenvalue weighted by molar-refractivity contribution is 7.98. The van der Waals surface area contributed by atoms with E-state index in [0.717, 1.165) is 17.4 Å². The molecule has 0 spiro atoms. The Morgan fingerprint density at radius 2 is 1.88 bits per heavy atom. The number of thioether (sulfide) groups is 1. The summed E-state index contributed by atoms with van der Waals surface area (Å²) in [4.78, 5) is 11.6. The van der Waals surface area contributed by atoms with Crippen molar-refractivity contribution >= 4 is 11.8 Å². The summed E-state index contributed by atoms with van der Waals surface area (Å²) < 4.78 is 6.94. The Balaban J connectivity index is 1.64. The molecule has 2 aromatic carbocycles. The fraction of sp³-hybridized carbons (Fsp3) is 0.136. The second-order valence-electron chi connectivity index (χ2n) is 7.02. The second-order valence-corrected chi connectivity index (χ2v) is 7.96. The number of phenolic OH excluding ortho intramolecular Hbond substituents is 2. The van der Waals surface area contributed by atoms with Gasteiger partial charge in [-0.2, -0.15) is 0 Å². The summed E-state index contributed by atoms with van der Waals surface area (Å²) in [6.07, 6.45) is 1.00. The van der Waals surface area contributed by atoms with Crippen LogP contribution in [0.4, 0.5) is 0 Å². The van der Waals surface area contributed by atoms with Crippen molar-refractivity contribution in [2.24, 2.45) is 0 Å². The van der Waals surface area contributed by atoms with Gasteiger partial charge in [0.1, 0.15) is 12.0 Å². The third-order valence-corrected chi connectivity index (χ3v) is 5.60. The standard InChI is InChI=1S/C22H20N4O5S/c1-13-4-2-5-14(8-13)21-24-25-22(32-12-16-9-18(28)19(29)11-31-16)26(21)23-10-15-6-3-7-17(27)20(15)30/h2-9,11,23,27,29-30H,10,12H2,1H3. The summed E-state index contributed by atoms with van der Waals surface area (Å²) in [5.74, 6) is 0.351. The van der Waals surface area contributed by atoms with Crippen LogP contribution in [0, 0.1) is 6.92 Å². The van der Waals surface area contributed by atoms with Gasteiger partial charge in [-0.05, 0) is 19.1 Å². The minimum absolute atomic E-state index is 0.193. The minimum atomic E-state index is -0.522. The fourth-order valence-electron chi connectivity index (χ4n) is 3.02. The van der Waals surface area contributed by atoms with Gasteiger partial charge < -0.3 is 25.2 Å². The van der Waals surface area contributed by atoms with Gasteiger partial charge in [0.05, 0.1) is 12.3 Å². The summed E-state index contributed by atoms with van der Waals surface area (Å²) >= 11 is 1.28. The van der Waals surface area contributed by atoms with Crippen LogP contribution in [-0.4, -0.2) is 30.2 Å². The Hall–Kier alpha value is -3.92. The molecule has 2 aromatic heterocycles. The van der Waals surface area contributed by atoms with E-state index in [-0.39, 0.29) is 23.8 Å². The van der Waals surface area contributed by atoms with Crippen molar-refractivity contribution in [1.82, 2.24) is 14.9 Å². The average molecular weight is 452 g/mol. The zero-order chi connectivity index (χ0) is 22.7. The molecule has 0 fully saturated rings. The Morgan fingerprint density at radius 3 is 2.66 bits per heavy atom. The molecular weight excluding hydrogens is 432 g/mol. The van der Waals surface area contributed by atoms with E-state index >= 15 is 0 Å². The van der Waals surface area contributed by atoms with Crippen molar-refractivity contribution in [3.63, 3.8) is 0 Å². The van der Waals surface area contributed by atoms with Crippen LogP contribution >= 0.6 is 11.8 Å². The van der Waals surface area contributed by atoms with E-state index in [4.69, 9.17) is 4.42 Å². The maximum absolute atomic E-state index is 11.6. The van der Waals surface area contributed by atoms with Crippen molar-refractivity contribution in [1.29, 1.82) is 0 Å². The summed E-state index contributed by atoms with van der Waals surface area (Å²) in [6, 6.07) is 13.7. The van der Waals surface area contributed by atoms with Gasteiger partial charge in [0.2, 0.25) is 10.6 Å². The number of aromatic nitrogens is 3. The van der Waals surface area contributed by atoms with Gasteiger partial charge >= 0.3 is 0 Å². The minimum Gasteiger partial charge on any atom is -0.504 e. The van der Waals surface area contributed by atoms with E-state index in [1.807, 2.05) is 31.2 Å². The van der Waals surface area contributed by atoms with E-state index < -0.39 is 11.2 Å². The van der Waals surface area contributed by atoms with Crippen molar-refractivity contribution in [2.75, 3.05) is 5.43 Å². The fourth-order valence-corrected chi connectivity index (χ4v) is 3.82. The number of hydrogen-bond acceptors (Lipinski definition) is 9. The molecule has 0 aliphatic heterocycles. The van der Waals surface area contributed by atoms with Crippen molar-refractivity contribution in [2.45, 2.75) is 24.4 Å². The number of para-hydroxylation sites is 1. The molecule has 0 bridgehead atoms. The van der Waals surface area contributed by atoms with Gasteiger partial charge in [-0.25, -0.2) is 4.68 Å². The summed E-state index contributed by atoms with van der Waals surface area (Å²) in [7, 11) is 0. The van der Waals surface area contributed by atoms with Crippen LogP contribution in [0.1, 0.15) is 16.9 Å². The van der Waals surface area contributed by atoms with E-state index in [9.17, 15) is 20.1 Å². The Bertz CT molecular complexity index is 1320. The number of aryl methyl sites for hydroxylation is 1. The van der Waals surface area contributed by atoms with Gasteiger partial charge in [0.15, 0.2) is 23.1 Å². The Kier molecular flexibility index (Phi) is 6.04. The molecule has 0 aliphatic carbocycles. The third kappa shape index (κ3) is 4.54. The molecule has 0 atom stereocenters. The first-order valence-corrected chi connectivity index (χ1v) is 10.6. The highest BCUT2D eigenvalue weighted by Gasteiger charge is 2.16. The monoisotopic (exact) mass is 452 g/mol. The van der Waals surface area contributed by atoms with Crippen LogP contribution < -0.4 is 10.9 Å². The van der Waals surface area contributed by atoms with Crippen LogP contribution in [0.3, 0.4) is 0 Å². The smallest absolute Gasteiger partial charge is 0.226 e. The van der Waals surface area contributed by atoms with E-state index in [1.54, 1.807) is 16.8 Å². The predicted molar refractivity (Wildman–Crippen MR) is 119 cm³/mol. The zero-order valence-corrected chi connectivity index (χ0v) is 17.8. The maximum Gasteiger partial charge on any atom is 0.226 e. The number of nitrogens with zero attached hydrogens (tertiary/aromatic N) is 3. The molecule has 0 unspecified atom stereocenters. The Labute approximate surface area is 187 Å². The molecule has 0 aliphatic rings. The number of aromatic hydroxyl groups is 3. The lowest BCUT2D eigenvalue weighted by molar-refractivity contribution is 0.399. The van der Waals surface area contributed by atoms with Crippen LogP contribution in [0.5, 0.6) is 17.2 Å². The largest absolute Gasteiger partial charge is 0.504 e.